The first-order chi connectivity index (χ1) is 7.78. The fourth-order valence-corrected chi connectivity index (χ4v) is 1.99. The van der Waals surface area contributed by atoms with Gasteiger partial charge in [0, 0.05) is 12.1 Å². The Labute approximate surface area is 95.6 Å². The maximum atomic E-state index is 5.04. The predicted octanol–water partition coefficient (Wildman–Crippen LogP) is 1.04. The van der Waals surface area contributed by atoms with E-state index in [9.17, 15) is 0 Å². The lowest BCUT2D eigenvalue weighted by Gasteiger charge is -2.28. The van der Waals surface area contributed by atoms with Gasteiger partial charge in [0.25, 0.3) is 0 Å². The minimum atomic E-state index is 0.470. The number of hydrogen-bond donors (Lipinski definition) is 2. The molecule has 5 nitrogen and oxygen atoms in total. The first-order valence-corrected chi connectivity index (χ1v) is 5.64. The molecule has 1 aliphatic rings. The zero-order chi connectivity index (χ0) is 11.4. The van der Waals surface area contributed by atoms with Crippen LogP contribution in [0.25, 0.3) is 0 Å². The van der Waals surface area contributed by atoms with Gasteiger partial charge in [-0.15, -0.1) is 0 Å². The number of nitrogens with one attached hydrogen (secondary N) is 2. The first kappa shape index (κ1) is 11.1. The third kappa shape index (κ3) is 2.82. The number of anilines is 1. The zero-order valence-electron chi connectivity index (χ0n) is 9.73. The highest BCUT2D eigenvalue weighted by atomic mass is 16.5. The molecule has 1 aliphatic heterocycles. The summed E-state index contributed by atoms with van der Waals surface area (Å²) in [5, 5.41) is 6.81. The average molecular weight is 222 g/mol. The van der Waals surface area contributed by atoms with E-state index in [1.165, 1.54) is 0 Å². The molecule has 0 aliphatic carbocycles. The van der Waals surface area contributed by atoms with Crippen molar-refractivity contribution in [2.75, 3.05) is 19.0 Å². The second-order valence-electron chi connectivity index (χ2n) is 4.17. The molecule has 88 valence electrons. The van der Waals surface area contributed by atoms with Gasteiger partial charge in [0.2, 0.25) is 5.88 Å². The first-order valence-electron chi connectivity index (χ1n) is 5.64. The van der Waals surface area contributed by atoms with Crippen LogP contribution in [-0.2, 0) is 0 Å². The molecule has 0 spiro atoms. The molecule has 2 heterocycles. The van der Waals surface area contributed by atoms with Crippen LogP contribution in [0.4, 0.5) is 5.82 Å². The fourth-order valence-electron chi connectivity index (χ4n) is 1.99. The second-order valence-corrected chi connectivity index (χ2v) is 4.17. The van der Waals surface area contributed by atoms with Crippen molar-refractivity contribution in [1.29, 1.82) is 0 Å². The lowest BCUT2D eigenvalue weighted by Crippen LogP contribution is -2.41. The molecule has 0 bridgehead atoms. The molecule has 0 amide bonds. The zero-order valence-corrected chi connectivity index (χ0v) is 9.73. The van der Waals surface area contributed by atoms with E-state index in [0.29, 0.717) is 18.0 Å². The Hall–Kier alpha value is -1.36. The summed E-state index contributed by atoms with van der Waals surface area (Å²) in [6.07, 6.45) is 5.56. The van der Waals surface area contributed by atoms with Gasteiger partial charge in [0.05, 0.1) is 19.5 Å². The van der Waals surface area contributed by atoms with Crippen molar-refractivity contribution in [3.05, 3.63) is 12.4 Å². The molecule has 5 heteroatoms. The summed E-state index contributed by atoms with van der Waals surface area (Å²) in [6.45, 7) is 3.25. The van der Waals surface area contributed by atoms with Crippen molar-refractivity contribution < 1.29 is 4.74 Å². The van der Waals surface area contributed by atoms with Crippen LogP contribution in [0.1, 0.15) is 19.8 Å². The summed E-state index contributed by atoms with van der Waals surface area (Å²) in [4.78, 5) is 8.37. The lowest BCUT2D eigenvalue weighted by molar-refractivity contribution is 0.389. The van der Waals surface area contributed by atoms with Crippen LogP contribution in [0, 0.1) is 0 Å². The molecule has 1 aromatic heterocycles. The van der Waals surface area contributed by atoms with Gasteiger partial charge in [-0.3, -0.25) is 4.98 Å². The van der Waals surface area contributed by atoms with Gasteiger partial charge in [-0.1, -0.05) is 0 Å². The van der Waals surface area contributed by atoms with E-state index in [1.54, 1.807) is 19.5 Å². The standard InChI is InChI=1S/C11H18N4O/c1-8-5-9(3-4-13-8)14-10-6-12-7-11(15-10)16-2/h6-9,13H,3-5H2,1-2H3,(H,14,15). The van der Waals surface area contributed by atoms with Gasteiger partial charge in [-0.2, -0.15) is 4.98 Å². The van der Waals surface area contributed by atoms with Gasteiger partial charge in [-0.05, 0) is 26.3 Å². The molecular formula is C11H18N4O. The van der Waals surface area contributed by atoms with Gasteiger partial charge in [0.15, 0.2) is 0 Å². The Kier molecular flexibility index (Phi) is 3.56. The Bertz CT molecular complexity index is 345. The summed E-state index contributed by atoms with van der Waals surface area (Å²) in [5.74, 6) is 1.34. The monoisotopic (exact) mass is 222 g/mol. The molecule has 1 aromatic rings. The number of rotatable bonds is 3. The quantitative estimate of drug-likeness (QED) is 0.800. The van der Waals surface area contributed by atoms with Crippen molar-refractivity contribution in [3.8, 4) is 5.88 Å². The van der Waals surface area contributed by atoms with Crippen LogP contribution in [0.15, 0.2) is 12.4 Å². The van der Waals surface area contributed by atoms with E-state index in [1.807, 2.05) is 0 Å². The SMILES string of the molecule is COc1cncc(NC2CCNC(C)C2)n1. The van der Waals surface area contributed by atoms with E-state index in [2.05, 4.69) is 27.5 Å². The Balaban J connectivity index is 1.97. The maximum Gasteiger partial charge on any atom is 0.233 e. The van der Waals surface area contributed by atoms with Crippen LogP contribution in [-0.4, -0.2) is 35.7 Å². The highest BCUT2D eigenvalue weighted by Gasteiger charge is 2.18. The third-order valence-corrected chi connectivity index (χ3v) is 2.80. The number of nitrogens with zero attached hydrogens (tertiary/aromatic N) is 2. The highest BCUT2D eigenvalue weighted by molar-refractivity contribution is 5.34. The van der Waals surface area contributed by atoms with E-state index >= 15 is 0 Å². The van der Waals surface area contributed by atoms with Gasteiger partial charge < -0.3 is 15.4 Å². The maximum absolute atomic E-state index is 5.04. The molecule has 0 saturated carbocycles. The molecule has 0 radical (unpaired) electrons. The molecule has 0 aromatic carbocycles. The molecule has 2 N–H and O–H groups in total. The van der Waals surface area contributed by atoms with E-state index < -0.39 is 0 Å². The van der Waals surface area contributed by atoms with Gasteiger partial charge in [-0.25, -0.2) is 0 Å². The van der Waals surface area contributed by atoms with Gasteiger partial charge in [0.1, 0.15) is 5.82 Å². The largest absolute Gasteiger partial charge is 0.480 e. The number of aromatic nitrogens is 2. The number of hydrogen-bond acceptors (Lipinski definition) is 5. The molecule has 2 rings (SSSR count). The number of piperidine rings is 1. The fraction of sp³-hybridized carbons (Fsp3) is 0.636. The summed E-state index contributed by atoms with van der Waals surface area (Å²) in [5.41, 5.74) is 0. The summed E-state index contributed by atoms with van der Waals surface area (Å²) >= 11 is 0. The molecule has 1 saturated heterocycles. The lowest BCUT2D eigenvalue weighted by atomic mass is 10.0. The Morgan fingerprint density at radius 3 is 3.12 bits per heavy atom. The van der Waals surface area contributed by atoms with Crippen molar-refractivity contribution in [2.45, 2.75) is 31.8 Å². The van der Waals surface area contributed by atoms with Crippen molar-refractivity contribution in [2.24, 2.45) is 0 Å². The molecule has 2 atom stereocenters. The summed E-state index contributed by atoms with van der Waals surface area (Å²) in [7, 11) is 1.60. The molecule has 2 unspecified atom stereocenters. The van der Waals surface area contributed by atoms with Crippen LogP contribution in [0.3, 0.4) is 0 Å². The van der Waals surface area contributed by atoms with Crippen molar-refractivity contribution >= 4 is 5.82 Å². The van der Waals surface area contributed by atoms with Crippen LogP contribution >= 0.6 is 0 Å². The minimum Gasteiger partial charge on any atom is -0.480 e. The number of ether oxygens (including phenoxy) is 1. The molecule has 1 fully saturated rings. The highest BCUT2D eigenvalue weighted by Crippen LogP contribution is 2.15. The topological polar surface area (TPSA) is 59.1 Å². The third-order valence-electron chi connectivity index (χ3n) is 2.80. The Morgan fingerprint density at radius 2 is 2.38 bits per heavy atom. The van der Waals surface area contributed by atoms with Crippen molar-refractivity contribution in [1.82, 2.24) is 15.3 Å². The molecule has 16 heavy (non-hydrogen) atoms. The van der Waals surface area contributed by atoms with E-state index in [4.69, 9.17) is 4.74 Å². The van der Waals surface area contributed by atoms with Crippen LogP contribution < -0.4 is 15.4 Å². The number of methoxy groups -OCH3 is 1. The normalized spacial score (nSPS) is 25.1. The van der Waals surface area contributed by atoms with Crippen molar-refractivity contribution in [3.63, 3.8) is 0 Å². The van der Waals surface area contributed by atoms with Gasteiger partial charge >= 0.3 is 0 Å². The average Bonchev–Trinajstić information content (AvgIpc) is 2.29. The minimum absolute atomic E-state index is 0.470. The second kappa shape index (κ2) is 5.12. The smallest absolute Gasteiger partial charge is 0.233 e. The summed E-state index contributed by atoms with van der Waals surface area (Å²) < 4.78 is 5.04. The molecular weight excluding hydrogens is 204 g/mol. The van der Waals surface area contributed by atoms with Crippen LogP contribution in [0.5, 0.6) is 5.88 Å². The van der Waals surface area contributed by atoms with E-state index in [-0.39, 0.29) is 0 Å². The van der Waals surface area contributed by atoms with E-state index in [0.717, 1.165) is 25.2 Å². The Morgan fingerprint density at radius 1 is 1.50 bits per heavy atom. The summed E-state index contributed by atoms with van der Waals surface area (Å²) in [6, 6.07) is 1.03. The predicted molar refractivity (Wildman–Crippen MR) is 62.7 cm³/mol. The van der Waals surface area contributed by atoms with Crippen LogP contribution in [0.2, 0.25) is 0 Å².